The average molecular weight is 219 g/mol. The van der Waals surface area contributed by atoms with Crippen LogP contribution in [0, 0.1) is 0 Å². The fraction of sp³-hybridized carbons (Fsp3) is 0.455. The molecule has 2 aromatic rings. The molecule has 0 atom stereocenters. The van der Waals surface area contributed by atoms with Gasteiger partial charge in [-0.1, -0.05) is 5.21 Å². The van der Waals surface area contributed by atoms with Crippen molar-refractivity contribution < 1.29 is 0 Å². The van der Waals surface area contributed by atoms with Gasteiger partial charge in [0, 0.05) is 38.7 Å². The molecule has 5 heteroatoms. The molecule has 0 fully saturated rings. The van der Waals surface area contributed by atoms with E-state index in [4.69, 9.17) is 0 Å². The zero-order valence-electron chi connectivity index (χ0n) is 9.50. The van der Waals surface area contributed by atoms with Gasteiger partial charge in [-0.15, -0.1) is 5.10 Å². The van der Waals surface area contributed by atoms with Crippen LogP contribution in [0.15, 0.2) is 30.9 Å². The van der Waals surface area contributed by atoms with Crippen LogP contribution in [0.5, 0.6) is 0 Å². The SMILES string of the molecule is Cn1ccc(CNCCCn2ccnn2)c1. The molecule has 86 valence electrons. The Balaban J connectivity index is 1.59. The number of rotatable bonds is 6. The molecule has 1 N–H and O–H groups in total. The van der Waals surface area contributed by atoms with E-state index in [9.17, 15) is 0 Å². The summed E-state index contributed by atoms with van der Waals surface area (Å²) in [6.45, 7) is 2.84. The van der Waals surface area contributed by atoms with Crippen molar-refractivity contribution in [2.45, 2.75) is 19.5 Å². The molecule has 2 aromatic heterocycles. The molecule has 0 aromatic carbocycles. The lowest BCUT2D eigenvalue weighted by atomic mass is 10.3. The highest BCUT2D eigenvalue weighted by atomic mass is 15.4. The Morgan fingerprint density at radius 2 is 2.31 bits per heavy atom. The van der Waals surface area contributed by atoms with Crippen molar-refractivity contribution in [1.29, 1.82) is 0 Å². The highest BCUT2D eigenvalue weighted by Crippen LogP contribution is 1.98. The van der Waals surface area contributed by atoms with Gasteiger partial charge >= 0.3 is 0 Å². The van der Waals surface area contributed by atoms with E-state index >= 15 is 0 Å². The summed E-state index contributed by atoms with van der Waals surface area (Å²) in [5.74, 6) is 0. The predicted octanol–water partition coefficient (Wildman–Crippen LogP) is 0.796. The summed E-state index contributed by atoms with van der Waals surface area (Å²) in [6.07, 6.45) is 8.85. The number of nitrogens with zero attached hydrogens (tertiary/aromatic N) is 4. The third-order valence-corrected chi connectivity index (χ3v) is 2.44. The van der Waals surface area contributed by atoms with E-state index in [1.165, 1.54) is 5.56 Å². The Hall–Kier alpha value is -1.62. The zero-order chi connectivity index (χ0) is 11.2. The Morgan fingerprint density at radius 1 is 1.38 bits per heavy atom. The van der Waals surface area contributed by atoms with Crippen LogP contribution in [-0.2, 0) is 20.1 Å². The molecule has 0 saturated carbocycles. The molecular weight excluding hydrogens is 202 g/mol. The Bertz CT molecular complexity index is 404. The third kappa shape index (κ3) is 3.20. The van der Waals surface area contributed by atoms with Crippen LogP contribution in [-0.4, -0.2) is 26.1 Å². The lowest BCUT2D eigenvalue weighted by Crippen LogP contribution is -2.16. The van der Waals surface area contributed by atoms with Crippen LogP contribution in [0.2, 0.25) is 0 Å². The first-order valence-electron chi connectivity index (χ1n) is 5.50. The summed E-state index contributed by atoms with van der Waals surface area (Å²) < 4.78 is 3.91. The number of aryl methyl sites for hydroxylation is 2. The van der Waals surface area contributed by atoms with Gasteiger partial charge in [0.1, 0.15) is 0 Å². The highest BCUT2D eigenvalue weighted by Gasteiger charge is 1.95. The van der Waals surface area contributed by atoms with Crippen molar-refractivity contribution in [2.24, 2.45) is 7.05 Å². The Kier molecular flexibility index (Phi) is 3.71. The summed E-state index contributed by atoms with van der Waals surface area (Å²) in [4.78, 5) is 0. The lowest BCUT2D eigenvalue weighted by Gasteiger charge is -2.03. The van der Waals surface area contributed by atoms with Gasteiger partial charge in [0.2, 0.25) is 0 Å². The van der Waals surface area contributed by atoms with Crippen LogP contribution >= 0.6 is 0 Å². The van der Waals surface area contributed by atoms with E-state index in [0.29, 0.717) is 0 Å². The summed E-state index contributed by atoms with van der Waals surface area (Å²) in [6, 6.07) is 2.13. The van der Waals surface area contributed by atoms with E-state index < -0.39 is 0 Å². The maximum Gasteiger partial charge on any atom is 0.0692 e. The molecule has 16 heavy (non-hydrogen) atoms. The molecule has 0 bridgehead atoms. The van der Waals surface area contributed by atoms with E-state index in [2.05, 4.69) is 38.7 Å². The van der Waals surface area contributed by atoms with Crippen LogP contribution in [0.25, 0.3) is 0 Å². The van der Waals surface area contributed by atoms with Gasteiger partial charge < -0.3 is 9.88 Å². The topological polar surface area (TPSA) is 47.7 Å². The molecule has 5 nitrogen and oxygen atoms in total. The first-order chi connectivity index (χ1) is 7.84. The van der Waals surface area contributed by atoms with E-state index in [0.717, 1.165) is 26.1 Å². The van der Waals surface area contributed by atoms with Gasteiger partial charge in [-0.3, -0.25) is 4.68 Å². The fourth-order valence-corrected chi connectivity index (χ4v) is 1.62. The molecule has 0 unspecified atom stereocenters. The standard InChI is InChI=1S/C11H17N5/c1-15-7-3-11(10-15)9-12-4-2-6-16-8-5-13-14-16/h3,5,7-8,10,12H,2,4,6,9H2,1H3. The van der Waals surface area contributed by atoms with Crippen molar-refractivity contribution in [3.8, 4) is 0 Å². The van der Waals surface area contributed by atoms with Crippen LogP contribution in [0.3, 0.4) is 0 Å². The van der Waals surface area contributed by atoms with Gasteiger partial charge in [-0.25, -0.2) is 0 Å². The number of aromatic nitrogens is 4. The first-order valence-corrected chi connectivity index (χ1v) is 5.50. The second kappa shape index (κ2) is 5.46. The minimum Gasteiger partial charge on any atom is -0.357 e. The maximum absolute atomic E-state index is 3.91. The van der Waals surface area contributed by atoms with Gasteiger partial charge in [-0.2, -0.15) is 0 Å². The quantitative estimate of drug-likeness (QED) is 0.731. The second-order valence-electron chi connectivity index (χ2n) is 3.88. The van der Waals surface area contributed by atoms with Gasteiger partial charge in [0.25, 0.3) is 0 Å². The summed E-state index contributed by atoms with van der Waals surface area (Å²) in [7, 11) is 2.04. The smallest absolute Gasteiger partial charge is 0.0692 e. The molecule has 2 rings (SSSR count). The largest absolute Gasteiger partial charge is 0.357 e. The minimum absolute atomic E-state index is 0.918. The van der Waals surface area contributed by atoms with Crippen molar-refractivity contribution in [2.75, 3.05) is 6.54 Å². The first kappa shape index (κ1) is 10.9. The third-order valence-electron chi connectivity index (χ3n) is 2.44. The second-order valence-corrected chi connectivity index (χ2v) is 3.88. The van der Waals surface area contributed by atoms with Crippen molar-refractivity contribution in [3.63, 3.8) is 0 Å². The molecule has 2 heterocycles. The molecule has 0 aliphatic heterocycles. The van der Waals surface area contributed by atoms with Crippen molar-refractivity contribution in [1.82, 2.24) is 24.9 Å². The molecule has 0 radical (unpaired) electrons. The summed E-state index contributed by atoms with van der Waals surface area (Å²) >= 11 is 0. The van der Waals surface area contributed by atoms with Crippen LogP contribution in [0.1, 0.15) is 12.0 Å². The van der Waals surface area contributed by atoms with Crippen molar-refractivity contribution >= 4 is 0 Å². The Morgan fingerprint density at radius 3 is 3.00 bits per heavy atom. The van der Waals surface area contributed by atoms with Gasteiger partial charge in [-0.05, 0) is 24.6 Å². The summed E-state index contributed by atoms with van der Waals surface area (Å²) in [5, 5.41) is 11.1. The van der Waals surface area contributed by atoms with Crippen LogP contribution < -0.4 is 5.32 Å². The normalized spacial score (nSPS) is 10.8. The van der Waals surface area contributed by atoms with E-state index in [1.54, 1.807) is 6.20 Å². The highest BCUT2D eigenvalue weighted by molar-refractivity contribution is 5.09. The zero-order valence-corrected chi connectivity index (χ0v) is 9.50. The molecule has 0 spiro atoms. The number of hydrogen-bond donors (Lipinski definition) is 1. The average Bonchev–Trinajstić information content (AvgIpc) is 2.89. The predicted molar refractivity (Wildman–Crippen MR) is 61.8 cm³/mol. The lowest BCUT2D eigenvalue weighted by molar-refractivity contribution is 0.530. The van der Waals surface area contributed by atoms with Crippen LogP contribution in [0.4, 0.5) is 0 Å². The van der Waals surface area contributed by atoms with E-state index in [-0.39, 0.29) is 0 Å². The van der Waals surface area contributed by atoms with E-state index in [1.807, 2.05) is 17.9 Å². The number of hydrogen-bond acceptors (Lipinski definition) is 3. The molecule has 0 aliphatic carbocycles. The van der Waals surface area contributed by atoms with Gasteiger partial charge in [0.15, 0.2) is 0 Å². The molecule has 0 amide bonds. The molecule has 0 saturated heterocycles. The molecular formula is C11H17N5. The molecule has 0 aliphatic rings. The maximum atomic E-state index is 3.91. The van der Waals surface area contributed by atoms with Gasteiger partial charge in [0.05, 0.1) is 6.20 Å². The number of nitrogens with one attached hydrogen (secondary N) is 1. The fourth-order valence-electron chi connectivity index (χ4n) is 1.62. The minimum atomic E-state index is 0.918. The van der Waals surface area contributed by atoms with Crippen molar-refractivity contribution in [3.05, 3.63) is 36.4 Å². The Labute approximate surface area is 95.1 Å². The monoisotopic (exact) mass is 219 g/mol. The summed E-state index contributed by atoms with van der Waals surface area (Å²) in [5.41, 5.74) is 1.32.